The summed E-state index contributed by atoms with van der Waals surface area (Å²) in [6.07, 6.45) is 93.2. The van der Waals surface area contributed by atoms with E-state index in [-0.39, 0.29) is 31.1 Å². The Morgan fingerprint density at radius 1 is 0.256 bits per heavy atom. The van der Waals surface area contributed by atoms with Crippen LogP contribution in [-0.4, -0.2) is 37.2 Å². The third-order valence-corrected chi connectivity index (χ3v) is 15.6. The fourth-order valence-electron chi connectivity index (χ4n) is 10.3. The van der Waals surface area contributed by atoms with Crippen molar-refractivity contribution in [3.8, 4) is 0 Å². The second kappa shape index (κ2) is 70.1. The third-order valence-electron chi connectivity index (χ3n) is 15.6. The smallest absolute Gasteiger partial charge is 0.306 e. The molecule has 0 aromatic heterocycles. The standard InChI is InChI=1S/C76H134O6/c1-4-7-10-13-16-19-22-25-28-31-33-35-36-37-38-39-40-42-43-45-48-51-54-57-60-63-66-69-75(78)81-72-73(71-80-74(77)68-65-62-59-56-53-50-47-30-27-24-21-18-15-12-9-6-3)82-76(79)70-67-64-61-58-55-52-49-46-44-41-34-32-29-26-23-20-17-14-11-8-5-2/h7,10,16,19,23,25-26,28,30,32-35,47,73H,4-6,8-9,11-15,17-18,20-22,24,27,29,31,36-46,48-72H2,1-3H3/b10-7-,19-16-,26-23-,28-25-,34-32-,35-33-,47-30-. The first-order valence-corrected chi connectivity index (χ1v) is 35.6. The van der Waals surface area contributed by atoms with Crippen molar-refractivity contribution in [2.24, 2.45) is 0 Å². The Bertz CT molecular complexity index is 1550. The molecule has 82 heavy (non-hydrogen) atoms. The SMILES string of the molecule is CC/C=C\C/C=C\C/C=C\C/C=C\CCCCCCCCCCCCCCCCC(=O)OCC(COC(=O)CCCCCCC/C=C\CCCCCCCCC)OC(=O)CCCCCCCCCCC/C=C\C/C=C\CCCCCCC. The predicted octanol–water partition coefficient (Wildman–Crippen LogP) is 24.6. The molecule has 1 unspecified atom stereocenters. The minimum absolute atomic E-state index is 0.0784. The van der Waals surface area contributed by atoms with Crippen LogP contribution in [0.1, 0.15) is 361 Å². The van der Waals surface area contributed by atoms with E-state index in [1.54, 1.807) is 0 Å². The second-order valence-corrected chi connectivity index (χ2v) is 23.8. The summed E-state index contributed by atoms with van der Waals surface area (Å²) in [4.78, 5) is 38.5. The van der Waals surface area contributed by atoms with E-state index in [9.17, 15) is 14.4 Å². The first-order chi connectivity index (χ1) is 40.5. The summed E-state index contributed by atoms with van der Waals surface area (Å²) in [6, 6.07) is 0. The number of carbonyl (C=O) groups excluding carboxylic acids is 3. The lowest BCUT2D eigenvalue weighted by Gasteiger charge is -2.18. The van der Waals surface area contributed by atoms with Crippen molar-refractivity contribution in [2.75, 3.05) is 13.2 Å². The van der Waals surface area contributed by atoms with Gasteiger partial charge in [0.25, 0.3) is 0 Å². The van der Waals surface area contributed by atoms with Gasteiger partial charge in [0, 0.05) is 19.3 Å². The second-order valence-electron chi connectivity index (χ2n) is 23.8. The molecule has 0 aliphatic heterocycles. The Morgan fingerprint density at radius 2 is 0.476 bits per heavy atom. The van der Waals surface area contributed by atoms with Gasteiger partial charge in [0.15, 0.2) is 6.10 Å². The molecule has 0 saturated heterocycles. The minimum atomic E-state index is -0.784. The number of esters is 3. The summed E-state index contributed by atoms with van der Waals surface area (Å²) in [5, 5.41) is 0. The van der Waals surface area contributed by atoms with E-state index in [4.69, 9.17) is 14.2 Å². The van der Waals surface area contributed by atoms with E-state index < -0.39 is 6.10 Å². The number of carbonyl (C=O) groups is 3. The summed E-state index contributed by atoms with van der Waals surface area (Å²) in [5.41, 5.74) is 0. The molecule has 0 saturated carbocycles. The number of allylic oxidation sites excluding steroid dienone is 14. The van der Waals surface area contributed by atoms with E-state index >= 15 is 0 Å². The zero-order valence-corrected chi connectivity index (χ0v) is 54.5. The van der Waals surface area contributed by atoms with Crippen LogP contribution in [0.3, 0.4) is 0 Å². The Labute approximate surface area is 509 Å². The lowest BCUT2D eigenvalue weighted by molar-refractivity contribution is -0.167. The Balaban J connectivity index is 4.32. The molecular weight excluding hydrogens is 1010 g/mol. The molecule has 0 heterocycles. The van der Waals surface area contributed by atoms with Crippen molar-refractivity contribution in [2.45, 2.75) is 367 Å². The van der Waals surface area contributed by atoms with Gasteiger partial charge < -0.3 is 14.2 Å². The van der Waals surface area contributed by atoms with Gasteiger partial charge in [-0.2, -0.15) is 0 Å². The Morgan fingerprint density at radius 3 is 0.756 bits per heavy atom. The van der Waals surface area contributed by atoms with Gasteiger partial charge in [-0.15, -0.1) is 0 Å². The molecule has 0 radical (unpaired) electrons. The van der Waals surface area contributed by atoms with E-state index in [2.05, 4.69) is 106 Å². The lowest BCUT2D eigenvalue weighted by Crippen LogP contribution is -2.30. The first-order valence-electron chi connectivity index (χ1n) is 35.6. The molecular formula is C76H134O6. The number of hydrogen-bond acceptors (Lipinski definition) is 6. The van der Waals surface area contributed by atoms with Crippen LogP contribution in [0.5, 0.6) is 0 Å². The van der Waals surface area contributed by atoms with Crippen molar-refractivity contribution in [3.05, 3.63) is 85.1 Å². The lowest BCUT2D eigenvalue weighted by atomic mass is 10.0. The summed E-state index contributed by atoms with van der Waals surface area (Å²) in [7, 11) is 0. The van der Waals surface area contributed by atoms with Crippen LogP contribution < -0.4 is 0 Å². The zero-order chi connectivity index (χ0) is 59.2. The number of rotatable bonds is 65. The molecule has 0 spiro atoms. The van der Waals surface area contributed by atoms with Gasteiger partial charge >= 0.3 is 17.9 Å². The van der Waals surface area contributed by atoms with Gasteiger partial charge in [-0.05, 0) is 116 Å². The number of hydrogen-bond donors (Lipinski definition) is 0. The molecule has 0 N–H and O–H groups in total. The van der Waals surface area contributed by atoms with E-state index in [1.165, 1.54) is 225 Å². The van der Waals surface area contributed by atoms with E-state index in [0.29, 0.717) is 19.3 Å². The van der Waals surface area contributed by atoms with Gasteiger partial charge in [0.05, 0.1) is 0 Å². The van der Waals surface area contributed by atoms with Gasteiger partial charge in [0.1, 0.15) is 13.2 Å². The van der Waals surface area contributed by atoms with Crippen molar-refractivity contribution < 1.29 is 28.6 Å². The first kappa shape index (κ1) is 78.6. The molecule has 1 atom stereocenters. The molecule has 0 aliphatic carbocycles. The molecule has 474 valence electrons. The third kappa shape index (κ3) is 67.4. The molecule has 0 fully saturated rings. The van der Waals surface area contributed by atoms with Crippen LogP contribution in [0.4, 0.5) is 0 Å². The summed E-state index contributed by atoms with van der Waals surface area (Å²) in [6.45, 7) is 6.55. The fourth-order valence-corrected chi connectivity index (χ4v) is 10.3. The van der Waals surface area contributed by atoms with Crippen LogP contribution in [0.15, 0.2) is 85.1 Å². The molecule has 0 aliphatic rings. The summed E-state index contributed by atoms with van der Waals surface area (Å²) < 4.78 is 17.0. The average Bonchev–Trinajstić information content (AvgIpc) is 3.47. The fraction of sp³-hybridized carbons (Fsp3) is 0.776. The minimum Gasteiger partial charge on any atom is -0.462 e. The van der Waals surface area contributed by atoms with Crippen molar-refractivity contribution in [1.82, 2.24) is 0 Å². The Kier molecular flexibility index (Phi) is 67.2. The van der Waals surface area contributed by atoms with Crippen molar-refractivity contribution in [1.29, 1.82) is 0 Å². The topological polar surface area (TPSA) is 78.9 Å². The highest BCUT2D eigenvalue weighted by molar-refractivity contribution is 5.71. The molecule has 6 nitrogen and oxygen atoms in total. The van der Waals surface area contributed by atoms with Gasteiger partial charge in [0.2, 0.25) is 0 Å². The Hall–Kier alpha value is -3.41. The highest BCUT2D eigenvalue weighted by Gasteiger charge is 2.19. The van der Waals surface area contributed by atoms with E-state index in [0.717, 1.165) is 96.3 Å². The normalized spacial score (nSPS) is 12.6. The van der Waals surface area contributed by atoms with Crippen molar-refractivity contribution in [3.63, 3.8) is 0 Å². The van der Waals surface area contributed by atoms with Gasteiger partial charge in [-0.3, -0.25) is 14.4 Å². The molecule has 0 amide bonds. The van der Waals surface area contributed by atoms with Crippen LogP contribution in [0, 0.1) is 0 Å². The average molecular weight is 1140 g/mol. The molecule has 0 bridgehead atoms. The maximum absolute atomic E-state index is 13.0. The van der Waals surface area contributed by atoms with Crippen LogP contribution in [0.2, 0.25) is 0 Å². The van der Waals surface area contributed by atoms with Crippen LogP contribution in [0.25, 0.3) is 0 Å². The predicted molar refractivity (Wildman–Crippen MR) is 358 cm³/mol. The zero-order valence-electron chi connectivity index (χ0n) is 54.5. The quantitative estimate of drug-likeness (QED) is 0.0261. The van der Waals surface area contributed by atoms with E-state index in [1.807, 2.05) is 0 Å². The monoisotopic (exact) mass is 1140 g/mol. The maximum atomic E-state index is 13.0. The highest BCUT2D eigenvalue weighted by Crippen LogP contribution is 2.17. The summed E-state index contributed by atoms with van der Waals surface area (Å²) >= 11 is 0. The summed E-state index contributed by atoms with van der Waals surface area (Å²) in [5.74, 6) is -0.872. The molecule has 0 aromatic rings. The van der Waals surface area contributed by atoms with Gasteiger partial charge in [-0.1, -0.05) is 311 Å². The van der Waals surface area contributed by atoms with Gasteiger partial charge in [-0.25, -0.2) is 0 Å². The molecule has 0 rings (SSSR count). The van der Waals surface area contributed by atoms with Crippen LogP contribution in [-0.2, 0) is 28.6 Å². The molecule has 6 heteroatoms. The largest absolute Gasteiger partial charge is 0.462 e. The van der Waals surface area contributed by atoms with Crippen molar-refractivity contribution >= 4 is 17.9 Å². The maximum Gasteiger partial charge on any atom is 0.306 e. The van der Waals surface area contributed by atoms with Crippen LogP contribution >= 0.6 is 0 Å². The highest BCUT2D eigenvalue weighted by atomic mass is 16.6. The number of ether oxygens (including phenoxy) is 3. The number of unbranched alkanes of at least 4 members (excludes halogenated alkanes) is 40. The molecule has 0 aromatic carbocycles.